The van der Waals surface area contributed by atoms with Gasteiger partial charge in [0.25, 0.3) is 0 Å². The van der Waals surface area contributed by atoms with Crippen LogP contribution in [-0.2, 0) is 22.8 Å². The fourth-order valence-corrected chi connectivity index (χ4v) is 7.83. The summed E-state index contributed by atoms with van der Waals surface area (Å²) in [5.74, 6) is 0.607. The lowest BCUT2D eigenvalue weighted by molar-refractivity contribution is -0.137. The van der Waals surface area contributed by atoms with E-state index in [0.717, 1.165) is 67.2 Å². The highest BCUT2D eigenvalue weighted by Gasteiger charge is 2.39. The number of hydrogen-bond acceptors (Lipinski definition) is 6. The summed E-state index contributed by atoms with van der Waals surface area (Å²) in [5, 5.41) is 0. The van der Waals surface area contributed by atoms with Crippen molar-refractivity contribution in [1.29, 1.82) is 0 Å². The summed E-state index contributed by atoms with van der Waals surface area (Å²) in [4.78, 5) is 12.2. The Morgan fingerprint density at radius 3 is 1.68 bits per heavy atom. The van der Waals surface area contributed by atoms with Crippen LogP contribution in [0.1, 0.15) is 110 Å². The number of esters is 1. The Labute approximate surface area is 268 Å². The van der Waals surface area contributed by atoms with Gasteiger partial charge in [-0.15, -0.1) is 0 Å². The van der Waals surface area contributed by atoms with Crippen molar-refractivity contribution in [2.75, 3.05) is 33.0 Å². The molecule has 0 N–H and O–H groups in total. The topological polar surface area (TPSA) is 63.2 Å². The molecule has 0 heterocycles. The third-order valence-corrected chi connectivity index (χ3v) is 10.6. The van der Waals surface area contributed by atoms with Gasteiger partial charge in [0, 0.05) is 31.9 Å². The Hall–Kier alpha value is -2.45. The third kappa shape index (κ3) is 16.0. The van der Waals surface area contributed by atoms with Crippen molar-refractivity contribution in [3.63, 3.8) is 0 Å². The van der Waals surface area contributed by atoms with Gasteiger partial charge in [-0.3, -0.25) is 0 Å². The minimum atomic E-state index is -2.56. The quantitative estimate of drug-likeness (QED) is 0.0448. The van der Waals surface area contributed by atoms with Crippen LogP contribution in [0, 0.1) is 0 Å². The van der Waals surface area contributed by atoms with E-state index in [0.29, 0.717) is 26.4 Å². The van der Waals surface area contributed by atoms with Gasteiger partial charge in [0.2, 0.25) is 0 Å². The van der Waals surface area contributed by atoms with Crippen LogP contribution in [0.25, 0.3) is 17.2 Å². The van der Waals surface area contributed by atoms with Gasteiger partial charge in [0.15, 0.2) is 0 Å². The highest BCUT2D eigenvalue weighted by Crippen LogP contribution is 2.24. The van der Waals surface area contributed by atoms with Gasteiger partial charge < -0.3 is 22.8 Å². The van der Waals surface area contributed by atoms with Crippen molar-refractivity contribution >= 4 is 20.8 Å². The Kier molecular flexibility index (Phi) is 20.5. The van der Waals surface area contributed by atoms with E-state index in [1.165, 1.54) is 51.0 Å². The van der Waals surface area contributed by atoms with Crippen LogP contribution in [0.2, 0.25) is 6.04 Å². The smallest absolute Gasteiger partial charge is 0.494 e. The summed E-state index contributed by atoms with van der Waals surface area (Å²) in [5.41, 5.74) is 3.23. The van der Waals surface area contributed by atoms with E-state index in [2.05, 4.69) is 31.2 Å². The van der Waals surface area contributed by atoms with Crippen LogP contribution >= 0.6 is 0 Å². The molecule has 2 aromatic carbocycles. The molecule has 0 aliphatic carbocycles. The van der Waals surface area contributed by atoms with Crippen LogP contribution < -0.4 is 4.74 Å². The minimum Gasteiger partial charge on any atom is -0.494 e. The Bertz CT molecular complexity index is 1000. The zero-order valence-corrected chi connectivity index (χ0v) is 29.0. The maximum Gasteiger partial charge on any atom is 0.500 e. The van der Waals surface area contributed by atoms with Crippen molar-refractivity contribution in [2.45, 2.75) is 111 Å². The molecule has 0 aliphatic rings. The van der Waals surface area contributed by atoms with Gasteiger partial charge in [-0.25, -0.2) is 4.79 Å². The van der Waals surface area contributed by atoms with E-state index < -0.39 is 8.80 Å². The van der Waals surface area contributed by atoms with Crippen molar-refractivity contribution < 1.29 is 27.5 Å². The van der Waals surface area contributed by atoms with E-state index in [1.54, 1.807) is 6.08 Å². The van der Waals surface area contributed by atoms with Crippen molar-refractivity contribution in [1.82, 2.24) is 0 Å². The molecule has 7 heteroatoms. The normalized spacial score (nSPS) is 11.7. The van der Waals surface area contributed by atoms with E-state index in [-0.39, 0.29) is 5.97 Å². The van der Waals surface area contributed by atoms with Gasteiger partial charge in [-0.05, 0) is 74.9 Å². The molecule has 0 fully saturated rings. The van der Waals surface area contributed by atoms with Gasteiger partial charge in [0.1, 0.15) is 5.75 Å². The number of rotatable bonds is 26. The number of ether oxygens (including phenoxy) is 2. The first-order chi connectivity index (χ1) is 21.6. The Morgan fingerprint density at radius 2 is 1.11 bits per heavy atom. The lowest BCUT2D eigenvalue weighted by Gasteiger charge is -2.28. The molecule has 2 aromatic rings. The molecule has 0 aromatic heterocycles. The number of carbonyl (C=O) groups is 1. The Balaban J connectivity index is 1.63. The summed E-state index contributed by atoms with van der Waals surface area (Å²) in [6.07, 6.45) is 17.5. The maximum absolute atomic E-state index is 12.2. The van der Waals surface area contributed by atoms with Gasteiger partial charge >= 0.3 is 14.8 Å². The van der Waals surface area contributed by atoms with Crippen molar-refractivity contribution in [3.8, 4) is 16.9 Å². The number of unbranched alkanes of at least 4 members (excludes halogenated alkanes) is 10. The molecule has 0 aliphatic heterocycles. The fourth-order valence-electron chi connectivity index (χ4n) is 5.14. The minimum absolute atomic E-state index is 0.313. The largest absolute Gasteiger partial charge is 0.500 e. The summed E-state index contributed by atoms with van der Waals surface area (Å²) < 4.78 is 29.1. The molecule has 0 radical (unpaired) electrons. The Morgan fingerprint density at radius 1 is 0.614 bits per heavy atom. The molecule has 0 unspecified atom stereocenters. The molecule has 0 amide bonds. The highest BCUT2D eigenvalue weighted by molar-refractivity contribution is 6.60. The van der Waals surface area contributed by atoms with Crippen LogP contribution in [0.3, 0.4) is 0 Å². The molecule has 0 saturated heterocycles. The molecule has 246 valence electrons. The van der Waals surface area contributed by atoms with Crippen LogP contribution in [0.5, 0.6) is 5.75 Å². The molecule has 6 nitrogen and oxygen atoms in total. The first kappa shape index (κ1) is 37.7. The first-order valence-corrected chi connectivity index (χ1v) is 19.1. The summed E-state index contributed by atoms with van der Waals surface area (Å²) >= 11 is 0. The van der Waals surface area contributed by atoms with E-state index in [9.17, 15) is 4.79 Å². The second-order valence-electron chi connectivity index (χ2n) is 11.1. The molecule has 44 heavy (non-hydrogen) atoms. The second kappa shape index (κ2) is 23.9. The van der Waals surface area contributed by atoms with Gasteiger partial charge in [0.05, 0.1) is 13.2 Å². The summed E-state index contributed by atoms with van der Waals surface area (Å²) in [6, 6.07) is 17.3. The molecular formula is C37H58O6Si. The SMILES string of the molecule is CCCCCCCCCCOc1ccc(-c2ccc(/C=C/C(=O)OCCCCCC[Si](OCC)(OCC)OCC)cc2)cc1. The molecule has 0 saturated carbocycles. The molecule has 0 spiro atoms. The van der Waals surface area contributed by atoms with E-state index >= 15 is 0 Å². The number of carbonyl (C=O) groups excluding carboxylic acids is 1. The van der Waals surface area contributed by atoms with Gasteiger partial charge in [-0.1, -0.05) is 101 Å². The lowest BCUT2D eigenvalue weighted by atomic mass is 10.0. The third-order valence-electron chi connectivity index (χ3n) is 7.49. The zero-order chi connectivity index (χ0) is 31.7. The second-order valence-corrected chi connectivity index (χ2v) is 13.8. The molecule has 2 rings (SSSR count). The number of benzene rings is 2. The molecule has 0 atom stereocenters. The van der Waals surface area contributed by atoms with Crippen LogP contribution in [0.4, 0.5) is 0 Å². The average Bonchev–Trinajstić information content (AvgIpc) is 3.03. The predicted molar refractivity (Wildman–Crippen MR) is 184 cm³/mol. The van der Waals surface area contributed by atoms with E-state index in [1.807, 2.05) is 45.0 Å². The summed E-state index contributed by atoms with van der Waals surface area (Å²) in [6.45, 7) is 11.2. The van der Waals surface area contributed by atoms with E-state index in [4.69, 9.17) is 22.8 Å². The fraction of sp³-hybridized carbons (Fsp3) is 0.595. The predicted octanol–water partition coefficient (Wildman–Crippen LogP) is 10.0. The average molecular weight is 627 g/mol. The van der Waals surface area contributed by atoms with Crippen LogP contribution in [-0.4, -0.2) is 47.8 Å². The molecule has 0 bridgehead atoms. The van der Waals surface area contributed by atoms with Crippen molar-refractivity contribution in [3.05, 3.63) is 60.2 Å². The monoisotopic (exact) mass is 626 g/mol. The van der Waals surface area contributed by atoms with Crippen molar-refractivity contribution in [2.24, 2.45) is 0 Å². The molecular weight excluding hydrogens is 568 g/mol. The standard InChI is InChI=1S/C37H58O6Si/c1-5-9-10-11-12-13-14-17-30-39-36-27-25-35(26-28-36)34-23-20-33(21-24-34)22-29-37(38)40-31-18-15-16-19-32-44(41-6-2,42-7-3)43-8-4/h20-29H,5-19,30-32H2,1-4H3/b29-22+. The first-order valence-electron chi connectivity index (χ1n) is 17.2. The van der Waals surface area contributed by atoms with Crippen LogP contribution in [0.15, 0.2) is 54.6 Å². The maximum atomic E-state index is 12.2. The lowest BCUT2D eigenvalue weighted by Crippen LogP contribution is -2.45. The van der Waals surface area contributed by atoms with Gasteiger partial charge in [-0.2, -0.15) is 0 Å². The number of hydrogen-bond donors (Lipinski definition) is 0. The highest BCUT2D eigenvalue weighted by atomic mass is 28.4. The summed E-state index contributed by atoms with van der Waals surface area (Å²) in [7, 11) is -2.56. The zero-order valence-electron chi connectivity index (χ0n) is 28.0.